The van der Waals surface area contributed by atoms with Gasteiger partial charge in [-0.05, 0) is 31.2 Å². The number of aliphatic hydroxyl groups excluding tert-OH is 1. The van der Waals surface area contributed by atoms with Crippen LogP contribution in [0.4, 0.5) is 5.69 Å². The first-order chi connectivity index (χ1) is 15.0. The second-order valence-electron chi connectivity index (χ2n) is 7.02. The van der Waals surface area contributed by atoms with Gasteiger partial charge in [-0.15, -0.1) is 0 Å². The van der Waals surface area contributed by atoms with Crippen molar-refractivity contribution >= 4 is 23.1 Å². The van der Waals surface area contributed by atoms with Gasteiger partial charge in [0.2, 0.25) is 5.72 Å². The lowest BCUT2D eigenvalue weighted by Crippen LogP contribution is -2.44. The molecule has 1 heterocycles. The summed E-state index contributed by atoms with van der Waals surface area (Å²) in [6.07, 6.45) is 0. The Morgan fingerprint density at radius 3 is 2.06 bits per heavy atom. The minimum atomic E-state index is -2.19. The number of ketones is 1. The molecular weight excluding hydrogens is 394 g/mol. The van der Waals surface area contributed by atoms with Crippen LogP contribution in [0.1, 0.15) is 18.1 Å². The van der Waals surface area contributed by atoms with Gasteiger partial charge in [-0.3, -0.25) is 14.5 Å². The van der Waals surface area contributed by atoms with Crippen LogP contribution in [0.25, 0.3) is 5.76 Å². The highest BCUT2D eigenvalue weighted by Gasteiger charge is 2.57. The fraction of sp³-hybridized carbons (Fsp3) is 0.120. The number of Topliss-reactive ketones (excluding diaryl/α,β-unsaturated/α-hetero) is 1. The second kappa shape index (κ2) is 8.08. The molecule has 0 saturated carbocycles. The molecule has 0 bridgehead atoms. The number of rotatable bonds is 5. The first kappa shape index (κ1) is 20.4. The zero-order chi connectivity index (χ0) is 22.0. The number of ether oxygens (including phenoxy) is 1. The maximum absolute atomic E-state index is 13.1. The minimum Gasteiger partial charge on any atom is -0.507 e. The van der Waals surface area contributed by atoms with E-state index in [-0.39, 0.29) is 11.1 Å². The van der Waals surface area contributed by atoms with Crippen molar-refractivity contribution in [3.8, 4) is 5.75 Å². The van der Waals surface area contributed by atoms with E-state index < -0.39 is 23.2 Å². The van der Waals surface area contributed by atoms with E-state index in [9.17, 15) is 19.8 Å². The van der Waals surface area contributed by atoms with E-state index in [1.54, 1.807) is 84.9 Å². The van der Waals surface area contributed by atoms with Crippen molar-refractivity contribution in [2.75, 3.05) is 11.5 Å². The molecule has 1 saturated heterocycles. The van der Waals surface area contributed by atoms with Crippen LogP contribution in [0.5, 0.6) is 5.75 Å². The summed E-state index contributed by atoms with van der Waals surface area (Å²) in [5, 5.41) is 22.9. The molecule has 0 unspecified atom stereocenters. The van der Waals surface area contributed by atoms with Crippen molar-refractivity contribution < 1.29 is 24.5 Å². The smallest absolute Gasteiger partial charge is 0.302 e. The summed E-state index contributed by atoms with van der Waals surface area (Å²) >= 11 is 0. The van der Waals surface area contributed by atoms with Gasteiger partial charge in [0.15, 0.2) is 0 Å². The van der Waals surface area contributed by atoms with E-state index in [0.29, 0.717) is 23.6 Å². The van der Waals surface area contributed by atoms with Gasteiger partial charge in [-0.25, -0.2) is 0 Å². The Balaban J connectivity index is 1.95. The Morgan fingerprint density at radius 1 is 0.903 bits per heavy atom. The Hall–Kier alpha value is -3.90. The average Bonchev–Trinajstić information content (AvgIpc) is 3.01. The molecule has 0 aromatic heterocycles. The molecule has 1 fully saturated rings. The van der Waals surface area contributed by atoms with Gasteiger partial charge < -0.3 is 14.9 Å². The molecule has 2 N–H and O–H groups in total. The van der Waals surface area contributed by atoms with Gasteiger partial charge >= 0.3 is 5.91 Å². The summed E-state index contributed by atoms with van der Waals surface area (Å²) in [5.41, 5.74) is -1.68. The summed E-state index contributed by atoms with van der Waals surface area (Å²) in [6, 6.07) is 23.2. The fourth-order valence-corrected chi connectivity index (χ4v) is 3.74. The Kier molecular flexibility index (Phi) is 5.31. The van der Waals surface area contributed by atoms with Crippen molar-refractivity contribution in [2.45, 2.75) is 12.6 Å². The summed E-state index contributed by atoms with van der Waals surface area (Å²) in [6.45, 7) is 2.33. The van der Waals surface area contributed by atoms with E-state index in [0.717, 1.165) is 4.90 Å². The van der Waals surface area contributed by atoms with Crippen LogP contribution in [0, 0.1) is 0 Å². The number of carbonyl (C=O) groups excluding carboxylic acids is 2. The number of anilines is 1. The van der Waals surface area contributed by atoms with Crippen molar-refractivity contribution in [3.63, 3.8) is 0 Å². The normalized spacial score (nSPS) is 20.1. The zero-order valence-electron chi connectivity index (χ0n) is 16.9. The summed E-state index contributed by atoms with van der Waals surface area (Å²) in [7, 11) is 0. The van der Waals surface area contributed by atoms with E-state index >= 15 is 0 Å². The largest absolute Gasteiger partial charge is 0.507 e. The Morgan fingerprint density at radius 2 is 1.48 bits per heavy atom. The number of nitrogens with zero attached hydrogens (tertiary/aromatic N) is 1. The second-order valence-corrected chi connectivity index (χ2v) is 7.02. The molecule has 4 rings (SSSR count). The van der Waals surface area contributed by atoms with Crippen LogP contribution < -0.4 is 9.64 Å². The molecule has 3 aromatic carbocycles. The quantitative estimate of drug-likeness (QED) is 0.376. The molecule has 0 aliphatic carbocycles. The van der Waals surface area contributed by atoms with Crippen molar-refractivity contribution in [3.05, 3.63) is 102 Å². The molecule has 0 spiro atoms. The summed E-state index contributed by atoms with van der Waals surface area (Å²) in [4.78, 5) is 27.2. The highest BCUT2D eigenvalue weighted by Crippen LogP contribution is 2.45. The molecular formula is C25H21NO5. The number of carbonyl (C=O) groups is 2. The SMILES string of the molecule is CCOc1ccc(N2C(=O)C(=O)/C(=C(\O)c3ccccc3)[C@@]2(O)c2ccccc2)cc1. The van der Waals surface area contributed by atoms with Gasteiger partial charge in [0.05, 0.1) is 6.61 Å². The molecule has 1 aliphatic heterocycles. The lowest BCUT2D eigenvalue weighted by Gasteiger charge is -2.34. The fourth-order valence-electron chi connectivity index (χ4n) is 3.74. The Bertz CT molecular complexity index is 1140. The van der Waals surface area contributed by atoms with E-state index in [1.165, 1.54) is 0 Å². The van der Waals surface area contributed by atoms with E-state index in [2.05, 4.69) is 0 Å². The molecule has 3 aromatic rings. The van der Waals surface area contributed by atoms with Crippen LogP contribution in [-0.4, -0.2) is 28.5 Å². The van der Waals surface area contributed by atoms with Crippen LogP contribution in [0.3, 0.4) is 0 Å². The molecule has 1 aliphatic rings. The van der Waals surface area contributed by atoms with E-state index in [1.807, 2.05) is 6.92 Å². The highest BCUT2D eigenvalue weighted by molar-refractivity contribution is 6.52. The van der Waals surface area contributed by atoms with Gasteiger partial charge in [0.25, 0.3) is 5.78 Å². The summed E-state index contributed by atoms with van der Waals surface area (Å²) in [5.74, 6) is -1.76. The number of aliphatic hydroxyl groups is 2. The molecule has 156 valence electrons. The molecule has 1 atom stereocenters. The Labute approximate surface area is 179 Å². The number of hydrogen-bond donors (Lipinski definition) is 2. The lowest BCUT2D eigenvalue weighted by atomic mass is 9.91. The maximum Gasteiger partial charge on any atom is 0.302 e. The molecule has 0 radical (unpaired) electrons. The molecule has 6 heteroatoms. The third-order valence-electron chi connectivity index (χ3n) is 5.16. The van der Waals surface area contributed by atoms with Crippen LogP contribution in [0.2, 0.25) is 0 Å². The molecule has 31 heavy (non-hydrogen) atoms. The number of benzene rings is 3. The van der Waals surface area contributed by atoms with Crippen molar-refractivity contribution in [1.29, 1.82) is 0 Å². The predicted molar refractivity (Wildman–Crippen MR) is 116 cm³/mol. The van der Waals surface area contributed by atoms with Crippen LogP contribution >= 0.6 is 0 Å². The highest BCUT2D eigenvalue weighted by atomic mass is 16.5. The van der Waals surface area contributed by atoms with Crippen LogP contribution in [-0.2, 0) is 15.3 Å². The monoisotopic (exact) mass is 415 g/mol. The zero-order valence-corrected chi connectivity index (χ0v) is 16.9. The van der Waals surface area contributed by atoms with Crippen molar-refractivity contribution in [1.82, 2.24) is 0 Å². The van der Waals surface area contributed by atoms with E-state index in [4.69, 9.17) is 4.74 Å². The topological polar surface area (TPSA) is 87.1 Å². The van der Waals surface area contributed by atoms with Gasteiger partial charge in [-0.2, -0.15) is 0 Å². The standard InChI is InChI=1S/C25H21NO5/c1-2-31-20-15-13-19(14-16-20)26-24(29)23(28)21(22(27)17-9-5-3-6-10-17)25(26,30)18-11-7-4-8-12-18/h3-16,27,30H,2H2,1H3/b22-21+/t25-/m0/s1. The van der Waals surface area contributed by atoms with Crippen molar-refractivity contribution in [2.24, 2.45) is 0 Å². The molecule has 1 amide bonds. The van der Waals surface area contributed by atoms with Crippen LogP contribution in [0.15, 0.2) is 90.5 Å². The maximum atomic E-state index is 13.1. The first-order valence-corrected chi connectivity index (χ1v) is 9.87. The third kappa shape index (κ3) is 3.37. The van der Waals surface area contributed by atoms with Gasteiger partial charge in [0.1, 0.15) is 17.1 Å². The minimum absolute atomic E-state index is 0.278. The molecule has 6 nitrogen and oxygen atoms in total. The number of hydrogen-bond acceptors (Lipinski definition) is 5. The van der Waals surface area contributed by atoms with Gasteiger partial charge in [0, 0.05) is 16.8 Å². The van der Waals surface area contributed by atoms with Gasteiger partial charge in [-0.1, -0.05) is 60.7 Å². The number of amides is 1. The first-order valence-electron chi connectivity index (χ1n) is 9.87. The lowest BCUT2D eigenvalue weighted by molar-refractivity contribution is -0.132. The average molecular weight is 415 g/mol. The summed E-state index contributed by atoms with van der Waals surface area (Å²) < 4.78 is 5.44. The predicted octanol–water partition coefficient (Wildman–Crippen LogP) is 3.82. The third-order valence-corrected chi connectivity index (χ3v) is 5.16.